The molecule has 4 nitrogen and oxygen atoms in total. The number of thiocarbonyl (C=S) groups is 1. The number of hydrogen-bond donors (Lipinski definition) is 2. The molecule has 108 valence electrons. The number of carbonyl (C=O) groups is 1. The van der Waals surface area contributed by atoms with Crippen molar-refractivity contribution in [1.82, 2.24) is 10.2 Å². The lowest BCUT2D eigenvalue weighted by Gasteiger charge is -2.14. The largest absolute Gasteiger partial charge is 0.389 e. The maximum Gasteiger partial charge on any atom is 0.251 e. The average molecular weight is 291 g/mol. The summed E-state index contributed by atoms with van der Waals surface area (Å²) in [5, 5.41) is 3.00. The zero-order valence-electron chi connectivity index (χ0n) is 11.8. The van der Waals surface area contributed by atoms with E-state index in [1.807, 2.05) is 6.07 Å². The lowest BCUT2D eigenvalue weighted by molar-refractivity contribution is 0.0947. The van der Waals surface area contributed by atoms with Crippen LogP contribution >= 0.6 is 12.2 Å². The SMILES string of the molecule is CCN1CCC(CNC(=O)c2cccc(C(N)=S)c2)C1. The highest BCUT2D eigenvalue weighted by Gasteiger charge is 2.21. The van der Waals surface area contributed by atoms with Gasteiger partial charge in [0.25, 0.3) is 5.91 Å². The molecule has 1 fully saturated rings. The lowest BCUT2D eigenvalue weighted by Crippen LogP contribution is -2.31. The standard InChI is InChI=1S/C15H21N3OS/c1-2-18-7-6-11(10-18)9-17-15(19)13-5-3-4-12(8-13)14(16)20/h3-5,8,11H,2,6-7,9-10H2,1H3,(H2,16,20)(H,17,19). The van der Waals surface area contributed by atoms with Crippen LogP contribution in [0.5, 0.6) is 0 Å². The highest BCUT2D eigenvalue weighted by atomic mass is 32.1. The second kappa shape index (κ2) is 6.81. The molecule has 1 aliphatic heterocycles. The molecule has 1 aromatic rings. The number of benzene rings is 1. The van der Waals surface area contributed by atoms with Gasteiger partial charge in [0.05, 0.1) is 0 Å². The molecule has 0 aliphatic carbocycles. The Balaban J connectivity index is 1.89. The number of likely N-dealkylation sites (tertiary alicyclic amines) is 1. The van der Waals surface area contributed by atoms with Crippen LogP contribution in [0, 0.1) is 5.92 Å². The van der Waals surface area contributed by atoms with Crippen molar-refractivity contribution >= 4 is 23.1 Å². The monoisotopic (exact) mass is 291 g/mol. The van der Waals surface area contributed by atoms with E-state index in [-0.39, 0.29) is 5.91 Å². The predicted molar refractivity (Wildman–Crippen MR) is 84.9 cm³/mol. The van der Waals surface area contributed by atoms with Crippen LogP contribution in [0.2, 0.25) is 0 Å². The van der Waals surface area contributed by atoms with Crippen LogP contribution in [-0.4, -0.2) is 42.0 Å². The van der Waals surface area contributed by atoms with Crippen LogP contribution in [-0.2, 0) is 0 Å². The molecular formula is C15H21N3OS. The molecule has 1 unspecified atom stereocenters. The third-order valence-electron chi connectivity index (χ3n) is 3.78. The number of rotatable bonds is 5. The van der Waals surface area contributed by atoms with Crippen molar-refractivity contribution in [1.29, 1.82) is 0 Å². The molecule has 20 heavy (non-hydrogen) atoms. The first-order valence-electron chi connectivity index (χ1n) is 7.00. The van der Waals surface area contributed by atoms with Gasteiger partial charge in [-0.1, -0.05) is 31.3 Å². The van der Waals surface area contributed by atoms with Crippen molar-refractivity contribution in [3.05, 3.63) is 35.4 Å². The van der Waals surface area contributed by atoms with Crippen LogP contribution in [0.15, 0.2) is 24.3 Å². The van der Waals surface area contributed by atoms with E-state index in [0.29, 0.717) is 16.5 Å². The van der Waals surface area contributed by atoms with E-state index >= 15 is 0 Å². The first kappa shape index (κ1) is 14.9. The normalized spacial score (nSPS) is 18.9. The maximum atomic E-state index is 12.1. The van der Waals surface area contributed by atoms with E-state index < -0.39 is 0 Å². The fraction of sp³-hybridized carbons (Fsp3) is 0.467. The van der Waals surface area contributed by atoms with E-state index in [2.05, 4.69) is 17.1 Å². The Bertz CT molecular complexity index is 504. The summed E-state index contributed by atoms with van der Waals surface area (Å²) >= 11 is 4.93. The highest BCUT2D eigenvalue weighted by molar-refractivity contribution is 7.80. The predicted octanol–water partition coefficient (Wildman–Crippen LogP) is 1.39. The van der Waals surface area contributed by atoms with Gasteiger partial charge in [-0.15, -0.1) is 0 Å². The molecule has 3 N–H and O–H groups in total. The van der Waals surface area contributed by atoms with Crippen LogP contribution in [0.25, 0.3) is 0 Å². The number of nitrogens with two attached hydrogens (primary N) is 1. The van der Waals surface area contributed by atoms with Gasteiger partial charge in [0.1, 0.15) is 4.99 Å². The molecule has 1 saturated heterocycles. The Kier molecular flexibility index (Phi) is 5.09. The summed E-state index contributed by atoms with van der Waals surface area (Å²) in [6.07, 6.45) is 1.15. The minimum atomic E-state index is -0.0574. The van der Waals surface area contributed by atoms with Crippen molar-refractivity contribution in [2.24, 2.45) is 11.7 Å². The minimum absolute atomic E-state index is 0.0574. The second-order valence-corrected chi connectivity index (χ2v) is 5.64. The van der Waals surface area contributed by atoms with Gasteiger partial charge in [-0.05, 0) is 37.6 Å². The smallest absolute Gasteiger partial charge is 0.251 e. The van der Waals surface area contributed by atoms with Crippen LogP contribution in [0.1, 0.15) is 29.3 Å². The molecule has 1 amide bonds. The molecule has 0 aromatic heterocycles. The van der Waals surface area contributed by atoms with E-state index in [0.717, 1.165) is 38.2 Å². The Labute approximate surface area is 125 Å². The van der Waals surface area contributed by atoms with Gasteiger partial charge >= 0.3 is 0 Å². The molecule has 1 aliphatic rings. The number of carbonyl (C=O) groups excluding carboxylic acids is 1. The quantitative estimate of drug-likeness (QED) is 0.805. The molecule has 5 heteroatoms. The van der Waals surface area contributed by atoms with Crippen LogP contribution in [0.4, 0.5) is 0 Å². The average Bonchev–Trinajstić information content (AvgIpc) is 2.93. The summed E-state index contributed by atoms with van der Waals surface area (Å²) in [4.78, 5) is 14.8. The van der Waals surface area contributed by atoms with Gasteiger partial charge < -0.3 is 16.0 Å². The Morgan fingerprint density at radius 1 is 1.50 bits per heavy atom. The molecule has 1 heterocycles. The molecule has 2 rings (SSSR count). The summed E-state index contributed by atoms with van der Waals surface area (Å²) in [6, 6.07) is 7.14. The van der Waals surface area contributed by atoms with Gasteiger partial charge in [0, 0.05) is 24.2 Å². The lowest BCUT2D eigenvalue weighted by atomic mass is 10.1. The first-order chi connectivity index (χ1) is 9.60. The molecule has 0 spiro atoms. The van der Waals surface area contributed by atoms with Gasteiger partial charge in [-0.25, -0.2) is 0 Å². The summed E-state index contributed by atoms with van der Waals surface area (Å²) < 4.78 is 0. The number of nitrogens with zero attached hydrogens (tertiary/aromatic N) is 1. The third kappa shape index (κ3) is 3.77. The van der Waals surface area contributed by atoms with Gasteiger partial charge in [0.15, 0.2) is 0 Å². The summed E-state index contributed by atoms with van der Waals surface area (Å²) in [5.74, 6) is 0.496. The fourth-order valence-electron chi connectivity index (χ4n) is 2.52. The second-order valence-electron chi connectivity index (χ2n) is 5.20. The van der Waals surface area contributed by atoms with Gasteiger partial charge in [-0.3, -0.25) is 4.79 Å². The summed E-state index contributed by atoms with van der Waals surface area (Å²) in [5.41, 5.74) is 6.92. The first-order valence-corrected chi connectivity index (χ1v) is 7.41. The third-order valence-corrected chi connectivity index (χ3v) is 4.01. The number of nitrogens with one attached hydrogen (secondary N) is 1. The zero-order chi connectivity index (χ0) is 14.5. The van der Waals surface area contributed by atoms with Crippen LogP contribution in [0.3, 0.4) is 0 Å². The fourth-order valence-corrected chi connectivity index (χ4v) is 2.65. The highest BCUT2D eigenvalue weighted by Crippen LogP contribution is 2.14. The number of amides is 1. The van der Waals surface area contributed by atoms with Crippen LogP contribution < -0.4 is 11.1 Å². The van der Waals surface area contributed by atoms with E-state index in [1.54, 1.807) is 18.2 Å². The topological polar surface area (TPSA) is 58.4 Å². The minimum Gasteiger partial charge on any atom is -0.389 e. The maximum absolute atomic E-state index is 12.1. The van der Waals surface area contributed by atoms with Crippen molar-refractivity contribution in [2.75, 3.05) is 26.2 Å². The molecule has 0 radical (unpaired) electrons. The molecule has 0 saturated carbocycles. The van der Waals surface area contributed by atoms with Gasteiger partial charge in [-0.2, -0.15) is 0 Å². The zero-order valence-corrected chi connectivity index (χ0v) is 12.6. The van der Waals surface area contributed by atoms with Gasteiger partial charge in [0.2, 0.25) is 0 Å². The van der Waals surface area contributed by atoms with E-state index in [1.165, 1.54) is 0 Å². The van der Waals surface area contributed by atoms with E-state index in [4.69, 9.17) is 18.0 Å². The molecular weight excluding hydrogens is 270 g/mol. The molecule has 0 bridgehead atoms. The van der Waals surface area contributed by atoms with E-state index in [9.17, 15) is 4.79 Å². The summed E-state index contributed by atoms with van der Waals surface area (Å²) in [7, 11) is 0. The van der Waals surface area contributed by atoms with Crippen molar-refractivity contribution in [3.8, 4) is 0 Å². The Morgan fingerprint density at radius 3 is 2.90 bits per heavy atom. The molecule has 1 atom stereocenters. The molecule has 1 aromatic carbocycles. The van der Waals surface area contributed by atoms with Crippen molar-refractivity contribution < 1.29 is 4.79 Å². The Morgan fingerprint density at radius 2 is 2.25 bits per heavy atom. The summed E-state index contributed by atoms with van der Waals surface area (Å²) in [6.45, 7) is 6.19. The van der Waals surface area contributed by atoms with Crippen molar-refractivity contribution in [2.45, 2.75) is 13.3 Å². The Hall–Kier alpha value is -1.46. The number of hydrogen-bond acceptors (Lipinski definition) is 3. The van der Waals surface area contributed by atoms with Crippen molar-refractivity contribution in [3.63, 3.8) is 0 Å².